The molecule has 0 spiro atoms. The summed E-state index contributed by atoms with van der Waals surface area (Å²) < 4.78 is 21.5. The number of amides is 1. The molecular weight excluding hydrogens is 474 g/mol. The largest absolute Gasteiger partial charge is 0.493 e. The number of aryl methyl sites for hydroxylation is 2. The summed E-state index contributed by atoms with van der Waals surface area (Å²) in [4.78, 5) is 26.7. The van der Waals surface area contributed by atoms with E-state index in [1.54, 1.807) is 37.3 Å². The van der Waals surface area contributed by atoms with Crippen molar-refractivity contribution >= 4 is 29.2 Å². The highest BCUT2D eigenvalue weighted by Crippen LogP contribution is 2.30. The molecule has 0 atom stereocenters. The molecule has 1 heterocycles. The van der Waals surface area contributed by atoms with Gasteiger partial charge in [0, 0.05) is 17.3 Å². The van der Waals surface area contributed by atoms with Crippen LogP contribution in [0, 0.1) is 25.2 Å². The molecule has 0 unspecified atom stereocenters. The first-order valence-corrected chi connectivity index (χ1v) is 11.0. The van der Waals surface area contributed by atoms with Gasteiger partial charge in [0.05, 0.1) is 36.4 Å². The highest BCUT2D eigenvalue weighted by molar-refractivity contribution is 6.30. The van der Waals surface area contributed by atoms with Gasteiger partial charge in [0.15, 0.2) is 18.1 Å². The van der Waals surface area contributed by atoms with Crippen molar-refractivity contribution in [1.82, 2.24) is 5.16 Å². The van der Waals surface area contributed by atoms with Gasteiger partial charge in [-0.1, -0.05) is 22.8 Å². The van der Waals surface area contributed by atoms with Crippen LogP contribution in [0.1, 0.15) is 33.8 Å². The van der Waals surface area contributed by atoms with Crippen LogP contribution >= 0.6 is 11.6 Å². The fourth-order valence-electron chi connectivity index (χ4n) is 3.26. The Balaban J connectivity index is 1.66. The van der Waals surface area contributed by atoms with Crippen LogP contribution in [0.3, 0.4) is 0 Å². The predicted octanol–water partition coefficient (Wildman–Crippen LogP) is 4.64. The Morgan fingerprint density at radius 2 is 1.97 bits per heavy atom. The zero-order valence-electron chi connectivity index (χ0n) is 19.5. The number of carbonyl (C=O) groups excluding carboxylic acids is 2. The molecule has 35 heavy (non-hydrogen) atoms. The maximum absolute atomic E-state index is 12.8. The second-order valence-electron chi connectivity index (χ2n) is 7.47. The van der Waals surface area contributed by atoms with E-state index in [2.05, 4.69) is 5.16 Å². The number of benzene rings is 2. The lowest BCUT2D eigenvalue weighted by Gasteiger charge is -2.22. The number of nitrogens with zero attached hydrogens (tertiary/aromatic N) is 3. The number of rotatable bonds is 10. The molecule has 9 nitrogen and oxygen atoms in total. The van der Waals surface area contributed by atoms with Gasteiger partial charge in [0.25, 0.3) is 5.91 Å². The van der Waals surface area contributed by atoms with E-state index < -0.39 is 18.5 Å². The Labute approximate surface area is 207 Å². The number of ether oxygens (including phenoxy) is 3. The average molecular weight is 498 g/mol. The van der Waals surface area contributed by atoms with Crippen LogP contribution in [0.2, 0.25) is 5.02 Å². The predicted molar refractivity (Wildman–Crippen MR) is 128 cm³/mol. The standard InChI is InChI=1S/C25H24ClN3O6/c1-16-21(17(2)35-28-16)14-33-22-9-8-18(12-23(22)32-3)25(31)34-15-24(30)29(11-5-10-27)20-7-4-6-19(26)13-20/h4,6-9,12-13H,5,11,14-15H2,1-3H3. The van der Waals surface area contributed by atoms with Crippen LogP contribution in [-0.4, -0.2) is 37.3 Å². The Bertz CT molecular complexity index is 1230. The summed E-state index contributed by atoms with van der Waals surface area (Å²) in [6, 6.07) is 13.2. The summed E-state index contributed by atoms with van der Waals surface area (Å²) in [7, 11) is 1.45. The Hall–Kier alpha value is -4.03. The lowest BCUT2D eigenvalue weighted by Crippen LogP contribution is -2.35. The number of esters is 1. The van der Waals surface area contributed by atoms with Crippen molar-refractivity contribution in [2.24, 2.45) is 0 Å². The van der Waals surface area contributed by atoms with Crippen molar-refractivity contribution in [3.63, 3.8) is 0 Å². The van der Waals surface area contributed by atoms with Crippen molar-refractivity contribution < 1.29 is 28.3 Å². The molecule has 1 amide bonds. The summed E-state index contributed by atoms with van der Waals surface area (Å²) in [5.74, 6) is 0.214. The number of methoxy groups -OCH3 is 1. The topological polar surface area (TPSA) is 115 Å². The summed E-state index contributed by atoms with van der Waals surface area (Å²) in [6.45, 7) is 3.46. The summed E-state index contributed by atoms with van der Waals surface area (Å²) in [5, 5.41) is 13.3. The second kappa shape index (κ2) is 11.9. The number of aromatic nitrogens is 1. The zero-order valence-corrected chi connectivity index (χ0v) is 20.3. The third-order valence-electron chi connectivity index (χ3n) is 5.15. The van der Waals surface area contributed by atoms with Gasteiger partial charge in [-0.05, 0) is 50.2 Å². The molecule has 0 aliphatic rings. The first kappa shape index (κ1) is 25.6. The van der Waals surface area contributed by atoms with Crippen LogP contribution < -0.4 is 14.4 Å². The zero-order chi connectivity index (χ0) is 25.4. The molecule has 0 saturated carbocycles. The van der Waals surface area contributed by atoms with Gasteiger partial charge in [0.2, 0.25) is 0 Å². The van der Waals surface area contributed by atoms with Crippen molar-refractivity contribution in [1.29, 1.82) is 5.26 Å². The Morgan fingerprint density at radius 3 is 2.63 bits per heavy atom. The van der Waals surface area contributed by atoms with Gasteiger partial charge in [-0.2, -0.15) is 5.26 Å². The minimum Gasteiger partial charge on any atom is -0.493 e. The minimum atomic E-state index is -0.708. The molecule has 3 rings (SSSR count). The fraction of sp³-hybridized carbons (Fsp3) is 0.280. The quantitative estimate of drug-likeness (QED) is 0.372. The molecule has 182 valence electrons. The van der Waals surface area contributed by atoms with E-state index in [-0.39, 0.29) is 25.1 Å². The van der Waals surface area contributed by atoms with Crippen LogP contribution in [0.5, 0.6) is 11.5 Å². The summed E-state index contributed by atoms with van der Waals surface area (Å²) in [6.07, 6.45) is 0.110. The highest BCUT2D eigenvalue weighted by Gasteiger charge is 2.20. The van der Waals surface area contributed by atoms with E-state index in [0.29, 0.717) is 28.0 Å². The maximum Gasteiger partial charge on any atom is 0.338 e. The van der Waals surface area contributed by atoms with Gasteiger partial charge in [-0.25, -0.2) is 4.79 Å². The third kappa shape index (κ3) is 6.52. The van der Waals surface area contributed by atoms with Crippen LogP contribution in [-0.2, 0) is 16.1 Å². The molecular formula is C25H24ClN3O6. The Kier molecular flexibility index (Phi) is 8.70. The van der Waals surface area contributed by atoms with E-state index in [1.165, 1.54) is 24.1 Å². The second-order valence-corrected chi connectivity index (χ2v) is 7.90. The van der Waals surface area contributed by atoms with E-state index in [9.17, 15) is 9.59 Å². The first-order valence-electron chi connectivity index (χ1n) is 10.7. The molecule has 0 bridgehead atoms. The smallest absolute Gasteiger partial charge is 0.338 e. The molecule has 0 radical (unpaired) electrons. The number of anilines is 1. The van der Waals surface area contributed by atoms with Crippen molar-refractivity contribution in [2.45, 2.75) is 26.9 Å². The molecule has 0 saturated heterocycles. The number of halogens is 1. The molecule has 0 aliphatic heterocycles. The highest BCUT2D eigenvalue weighted by atomic mass is 35.5. The van der Waals surface area contributed by atoms with Crippen molar-refractivity contribution in [2.75, 3.05) is 25.2 Å². The van der Waals surface area contributed by atoms with E-state index in [4.69, 9.17) is 35.6 Å². The SMILES string of the molecule is COc1cc(C(=O)OCC(=O)N(CCC#N)c2cccc(Cl)c2)ccc1OCc1c(C)noc1C. The third-order valence-corrected chi connectivity index (χ3v) is 5.38. The van der Waals surface area contributed by atoms with Crippen LogP contribution in [0.25, 0.3) is 0 Å². The maximum atomic E-state index is 12.8. The van der Waals surface area contributed by atoms with Gasteiger partial charge < -0.3 is 23.6 Å². The average Bonchev–Trinajstić information content (AvgIpc) is 3.18. The number of carbonyl (C=O) groups is 2. The molecule has 0 aliphatic carbocycles. The van der Waals surface area contributed by atoms with E-state index >= 15 is 0 Å². The summed E-state index contributed by atoms with van der Waals surface area (Å²) in [5.41, 5.74) is 2.25. The molecule has 0 fully saturated rings. The van der Waals surface area contributed by atoms with E-state index in [1.807, 2.05) is 13.0 Å². The normalized spacial score (nSPS) is 10.4. The lowest BCUT2D eigenvalue weighted by atomic mass is 10.2. The minimum absolute atomic E-state index is 0.110. The Morgan fingerprint density at radius 1 is 1.17 bits per heavy atom. The summed E-state index contributed by atoms with van der Waals surface area (Å²) >= 11 is 6.03. The monoisotopic (exact) mass is 497 g/mol. The van der Waals surface area contributed by atoms with Gasteiger partial charge in [-0.15, -0.1) is 0 Å². The number of hydrogen-bond acceptors (Lipinski definition) is 8. The lowest BCUT2D eigenvalue weighted by molar-refractivity contribution is -0.121. The molecule has 10 heteroatoms. The number of nitriles is 1. The van der Waals surface area contributed by atoms with Gasteiger partial charge in [-0.3, -0.25) is 4.79 Å². The fourth-order valence-corrected chi connectivity index (χ4v) is 3.45. The molecule has 0 N–H and O–H groups in total. The van der Waals surface area contributed by atoms with E-state index in [0.717, 1.165) is 11.3 Å². The van der Waals surface area contributed by atoms with Crippen LogP contribution in [0.4, 0.5) is 5.69 Å². The van der Waals surface area contributed by atoms with Gasteiger partial charge >= 0.3 is 5.97 Å². The molecule has 1 aromatic heterocycles. The van der Waals surface area contributed by atoms with Crippen LogP contribution in [0.15, 0.2) is 47.0 Å². The first-order chi connectivity index (χ1) is 16.8. The molecule has 3 aromatic rings. The molecule has 2 aromatic carbocycles. The van der Waals surface area contributed by atoms with Crippen molar-refractivity contribution in [3.05, 3.63) is 70.1 Å². The van der Waals surface area contributed by atoms with Gasteiger partial charge in [0.1, 0.15) is 12.4 Å². The van der Waals surface area contributed by atoms with Crippen molar-refractivity contribution in [3.8, 4) is 17.6 Å². The number of hydrogen-bond donors (Lipinski definition) is 0.